The Bertz CT molecular complexity index is 258. The van der Waals surface area contributed by atoms with E-state index in [0.717, 1.165) is 12.2 Å². The first-order chi connectivity index (χ1) is 6.22. The normalized spacial score (nSPS) is 12.5. The lowest BCUT2D eigenvalue weighted by Gasteiger charge is -2.10. The summed E-state index contributed by atoms with van der Waals surface area (Å²) in [6.45, 7) is 4.33. The number of ether oxygens (including phenoxy) is 1. The van der Waals surface area contributed by atoms with E-state index in [9.17, 15) is 5.11 Å². The third kappa shape index (κ3) is 3.47. The zero-order valence-corrected chi connectivity index (χ0v) is 8.16. The highest BCUT2D eigenvalue weighted by Gasteiger charge is 2.01. The van der Waals surface area contributed by atoms with Crippen molar-refractivity contribution >= 4 is 0 Å². The van der Waals surface area contributed by atoms with E-state index in [1.54, 1.807) is 0 Å². The summed E-state index contributed by atoms with van der Waals surface area (Å²) < 4.78 is 5.39. The maximum Gasteiger partial charge on any atom is 0.119 e. The van der Waals surface area contributed by atoms with Gasteiger partial charge in [-0.05, 0) is 31.0 Å². The molecule has 0 amide bonds. The average molecular weight is 180 g/mol. The lowest BCUT2D eigenvalue weighted by atomic mass is 10.2. The van der Waals surface area contributed by atoms with Gasteiger partial charge in [0.2, 0.25) is 0 Å². The molecular formula is C11H16O2. The number of hydrogen-bond donors (Lipinski definition) is 1. The predicted molar refractivity (Wildman–Crippen MR) is 53.0 cm³/mol. The average Bonchev–Trinajstić information content (AvgIpc) is 2.14. The first-order valence-corrected chi connectivity index (χ1v) is 4.60. The molecule has 0 aliphatic rings. The van der Waals surface area contributed by atoms with Crippen LogP contribution in [0.15, 0.2) is 24.3 Å². The van der Waals surface area contributed by atoms with Crippen molar-refractivity contribution in [2.24, 2.45) is 0 Å². The third-order valence-corrected chi connectivity index (χ3v) is 1.90. The summed E-state index contributed by atoms with van der Waals surface area (Å²) in [5.74, 6) is 0.826. The minimum absolute atomic E-state index is 0.361. The lowest BCUT2D eigenvalue weighted by Crippen LogP contribution is -2.15. The number of hydrogen-bond acceptors (Lipinski definition) is 2. The van der Waals surface area contributed by atoms with Gasteiger partial charge in [0.25, 0.3) is 0 Å². The van der Waals surface area contributed by atoms with Crippen LogP contribution in [0.1, 0.15) is 18.9 Å². The molecule has 0 bridgehead atoms. The molecule has 1 N–H and O–H groups in total. The van der Waals surface area contributed by atoms with Gasteiger partial charge in [0.1, 0.15) is 12.4 Å². The van der Waals surface area contributed by atoms with E-state index in [-0.39, 0.29) is 6.10 Å². The zero-order chi connectivity index (χ0) is 9.68. The summed E-state index contributed by atoms with van der Waals surface area (Å²) in [5.41, 5.74) is 1.17. The van der Waals surface area contributed by atoms with Crippen LogP contribution in [-0.4, -0.2) is 17.8 Å². The van der Waals surface area contributed by atoms with Gasteiger partial charge >= 0.3 is 0 Å². The summed E-state index contributed by atoms with van der Waals surface area (Å²) in [5, 5.41) is 9.26. The van der Waals surface area contributed by atoms with Crippen LogP contribution in [0.25, 0.3) is 0 Å². The molecule has 0 radical (unpaired) electrons. The Kier molecular flexibility index (Phi) is 3.77. The molecule has 0 spiro atoms. The molecule has 0 aliphatic carbocycles. The fourth-order valence-electron chi connectivity index (χ4n) is 1.02. The molecule has 72 valence electrons. The van der Waals surface area contributed by atoms with E-state index in [0.29, 0.717) is 6.61 Å². The fourth-order valence-corrected chi connectivity index (χ4v) is 1.02. The summed E-state index contributed by atoms with van der Waals surface area (Å²) in [4.78, 5) is 0. The van der Waals surface area contributed by atoms with Crippen molar-refractivity contribution in [2.75, 3.05) is 6.61 Å². The molecule has 13 heavy (non-hydrogen) atoms. The molecule has 2 heteroatoms. The number of aliphatic hydroxyl groups excluding tert-OH is 1. The van der Waals surface area contributed by atoms with Crippen molar-refractivity contribution in [2.45, 2.75) is 26.4 Å². The smallest absolute Gasteiger partial charge is 0.119 e. The highest BCUT2D eigenvalue weighted by Crippen LogP contribution is 2.12. The summed E-state index contributed by atoms with van der Waals surface area (Å²) in [6, 6.07) is 7.82. The number of benzene rings is 1. The van der Waals surface area contributed by atoms with E-state index < -0.39 is 0 Å². The molecule has 0 saturated heterocycles. The van der Waals surface area contributed by atoms with Gasteiger partial charge in [-0.3, -0.25) is 0 Å². The number of rotatable bonds is 4. The van der Waals surface area contributed by atoms with Crippen molar-refractivity contribution in [1.82, 2.24) is 0 Å². The topological polar surface area (TPSA) is 29.5 Å². The Hall–Kier alpha value is -1.02. The molecule has 1 rings (SSSR count). The Labute approximate surface area is 79.2 Å². The van der Waals surface area contributed by atoms with Crippen LogP contribution in [-0.2, 0) is 0 Å². The van der Waals surface area contributed by atoms with E-state index in [1.165, 1.54) is 5.56 Å². The maximum absolute atomic E-state index is 9.26. The quantitative estimate of drug-likeness (QED) is 0.769. The number of aliphatic hydroxyl groups is 1. The van der Waals surface area contributed by atoms with Crippen LogP contribution >= 0.6 is 0 Å². The lowest BCUT2D eigenvalue weighted by molar-refractivity contribution is 0.104. The zero-order valence-electron chi connectivity index (χ0n) is 8.16. The Morgan fingerprint density at radius 2 is 2.23 bits per heavy atom. The molecule has 1 aromatic rings. The van der Waals surface area contributed by atoms with E-state index in [1.807, 2.05) is 38.1 Å². The molecule has 1 unspecified atom stereocenters. The maximum atomic E-state index is 9.26. The third-order valence-electron chi connectivity index (χ3n) is 1.90. The van der Waals surface area contributed by atoms with Crippen LogP contribution in [0.3, 0.4) is 0 Å². The summed E-state index contributed by atoms with van der Waals surface area (Å²) >= 11 is 0. The molecule has 1 atom stereocenters. The van der Waals surface area contributed by atoms with Gasteiger partial charge in [0.05, 0.1) is 6.10 Å². The minimum atomic E-state index is -0.361. The molecule has 1 aromatic carbocycles. The molecule has 0 aliphatic heterocycles. The van der Waals surface area contributed by atoms with Gasteiger partial charge in [-0.2, -0.15) is 0 Å². The number of aryl methyl sites for hydroxylation is 1. The summed E-state index contributed by atoms with van der Waals surface area (Å²) in [7, 11) is 0. The van der Waals surface area contributed by atoms with Gasteiger partial charge in [0, 0.05) is 0 Å². The van der Waals surface area contributed by atoms with Crippen molar-refractivity contribution in [3.8, 4) is 5.75 Å². The van der Waals surface area contributed by atoms with E-state index in [4.69, 9.17) is 4.74 Å². The Morgan fingerprint density at radius 3 is 2.85 bits per heavy atom. The Morgan fingerprint density at radius 1 is 1.46 bits per heavy atom. The molecule has 0 fully saturated rings. The molecule has 0 saturated carbocycles. The van der Waals surface area contributed by atoms with Gasteiger partial charge in [0.15, 0.2) is 0 Å². The fraction of sp³-hybridized carbons (Fsp3) is 0.455. The van der Waals surface area contributed by atoms with Crippen molar-refractivity contribution < 1.29 is 9.84 Å². The van der Waals surface area contributed by atoms with Gasteiger partial charge in [-0.1, -0.05) is 19.1 Å². The second-order valence-electron chi connectivity index (χ2n) is 3.19. The highest BCUT2D eigenvalue weighted by molar-refractivity contribution is 5.27. The van der Waals surface area contributed by atoms with Crippen LogP contribution in [0.2, 0.25) is 0 Å². The monoisotopic (exact) mass is 180 g/mol. The molecular weight excluding hydrogens is 164 g/mol. The van der Waals surface area contributed by atoms with Crippen molar-refractivity contribution in [1.29, 1.82) is 0 Å². The standard InChI is InChI=1S/C11H16O2/c1-3-10(12)8-13-11-6-4-5-9(2)7-11/h4-7,10,12H,3,8H2,1-2H3. The van der Waals surface area contributed by atoms with Gasteiger partial charge in [-0.25, -0.2) is 0 Å². The molecule has 0 aromatic heterocycles. The minimum Gasteiger partial charge on any atom is -0.491 e. The van der Waals surface area contributed by atoms with Gasteiger partial charge in [-0.15, -0.1) is 0 Å². The summed E-state index contributed by atoms with van der Waals surface area (Å²) in [6.07, 6.45) is 0.367. The van der Waals surface area contributed by atoms with Crippen molar-refractivity contribution in [3.63, 3.8) is 0 Å². The van der Waals surface area contributed by atoms with E-state index in [2.05, 4.69) is 0 Å². The molecule has 2 nitrogen and oxygen atoms in total. The van der Waals surface area contributed by atoms with Crippen molar-refractivity contribution in [3.05, 3.63) is 29.8 Å². The predicted octanol–water partition coefficient (Wildman–Crippen LogP) is 2.14. The highest BCUT2D eigenvalue weighted by atomic mass is 16.5. The van der Waals surface area contributed by atoms with Crippen LogP contribution < -0.4 is 4.74 Å². The van der Waals surface area contributed by atoms with Crippen LogP contribution in [0.4, 0.5) is 0 Å². The SMILES string of the molecule is CCC(O)COc1cccc(C)c1. The van der Waals surface area contributed by atoms with Crippen LogP contribution in [0, 0.1) is 6.92 Å². The first-order valence-electron chi connectivity index (χ1n) is 4.60. The largest absolute Gasteiger partial charge is 0.491 e. The first kappa shape index (κ1) is 10.1. The van der Waals surface area contributed by atoms with E-state index >= 15 is 0 Å². The second-order valence-corrected chi connectivity index (χ2v) is 3.19. The second kappa shape index (κ2) is 4.87. The molecule has 0 heterocycles. The Balaban J connectivity index is 2.45. The van der Waals surface area contributed by atoms with Crippen LogP contribution in [0.5, 0.6) is 5.75 Å². The van der Waals surface area contributed by atoms with Gasteiger partial charge < -0.3 is 9.84 Å².